The van der Waals surface area contributed by atoms with Crippen molar-refractivity contribution in [1.29, 1.82) is 0 Å². The van der Waals surface area contributed by atoms with E-state index in [1.807, 2.05) is 74.4 Å². The van der Waals surface area contributed by atoms with E-state index < -0.39 is 0 Å². The lowest BCUT2D eigenvalue weighted by Crippen LogP contribution is -2.12. The van der Waals surface area contributed by atoms with Crippen molar-refractivity contribution in [3.8, 4) is 11.1 Å². The molecule has 0 aliphatic carbocycles. The van der Waals surface area contributed by atoms with Crippen LogP contribution in [0.3, 0.4) is 0 Å². The van der Waals surface area contributed by atoms with E-state index in [0.717, 1.165) is 19.3 Å². The zero-order valence-corrected chi connectivity index (χ0v) is 32.9. The fourth-order valence-electron chi connectivity index (χ4n) is 3.30. The molecule has 4 rings (SSSR count). The van der Waals surface area contributed by atoms with Gasteiger partial charge in [-0.2, -0.15) is 0 Å². The fraction of sp³-hybridized carbons (Fsp3) is 0.455. The molecule has 0 heterocycles. The van der Waals surface area contributed by atoms with Gasteiger partial charge < -0.3 is 14.6 Å². The molecule has 4 aromatic rings. The van der Waals surface area contributed by atoms with Crippen LogP contribution in [0.2, 0.25) is 0 Å². The van der Waals surface area contributed by atoms with Crippen LogP contribution >= 0.6 is 0 Å². The van der Waals surface area contributed by atoms with Gasteiger partial charge in [0.15, 0.2) is 0 Å². The molecule has 0 aliphatic rings. The standard InChI is InChI=1S/C13H12.C12H10.C6H14O2.C3H8.C2H6O.4C2H6/c1-3-7-12(8-4-1)11-13-9-5-2-6-10-13;1-3-7-11(8-4-1)12-9-5-2-6-10-12;1-3-4-6(7)5-8-2;2*1-3-2;4*1-2/h1-10H,11H2;1-10H;6-7H,3-5H2,1-2H3;3H2,1-2H3;1-2H3;4*1-2H3. The molecule has 4 aromatic carbocycles. The Morgan fingerprint density at radius 3 is 0.979 bits per heavy atom. The molecule has 0 amide bonds. The van der Waals surface area contributed by atoms with Gasteiger partial charge >= 0.3 is 0 Å². The highest BCUT2D eigenvalue weighted by Crippen LogP contribution is 2.17. The zero-order chi connectivity index (χ0) is 37.0. The Morgan fingerprint density at radius 1 is 0.489 bits per heavy atom. The molecule has 47 heavy (non-hydrogen) atoms. The van der Waals surface area contributed by atoms with Crippen LogP contribution in [0, 0.1) is 0 Å². The maximum Gasteiger partial charge on any atom is 0.0773 e. The number of methoxy groups -OCH3 is 2. The molecular weight excluding hydrogens is 576 g/mol. The number of rotatable bonds is 7. The van der Waals surface area contributed by atoms with Crippen molar-refractivity contribution >= 4 is 0 Å². The molecule has 0 bridgehead atoms. The van der Waals surface area contributed by atoms with Crippen LogP contribution in [0.5, 0.6) is 0 Å². The van der Waals surface area contributed by atoms with Gasteiger partial charge in [-0.1, -0.05) is 210 Å². The second-order valence-corrected chi connectivity index (χ2v) is 8.89. The lowest BCUT2D eigenvalue weighted by atomic mass is 10.1. The van der Waals surface area contributed by atoms with E-state index in [9.17, 15) is 0 Å². The van der Waals surface area contributed by atoms with Crippen molar-refractivity contribution in [2.24, 2.45) is 0 Å². The summed E-state index contributed by atoms with van der Waals surface area (Å²) in [4.78, 5) is 0. The zero-order valence-electron chi connectivity index (χ0n) is 32.9. The lowest BCUT2D eigenvalue weighted by molar-refractivity contribution is 0.0589. The minimum atomic E-state index is -0.259. The molecule has 0 saturated heterocycles. The summed E-state index contributed by atoms with van der Waals surface area (Å²) in [6, 6.07) is 41.8. The fourth-order valence-corrected chi connectivity index (χ4v) is 3.30. The minimum absolute atomic E-state index is 0.259. The van der Waals surface area contributed by atoms with E-state index in [4.69, 9.17) is 9.84 Å². The Balaban J connectivity index is -0.000000160. The monoisotopic (exact) mass is 651 g/mol. The molecule has 1 N–H and O–H groups in total. The number of hydrogen-bond acceptors (Lipinski definition) is 3. The van der Waals surface area contributed by atoms with Crippen molar-refractivity contribution in [3.05, 3.63) is 132 Å². The van der Waals surface area contributed by atoms with Crippen LogP contribution in [0.1, 0.15) is 107 Å². The Bertz CT molecular complexity index is 908. The topological polar surface area (TPSA) is 38.7 Å². The molecular formula is C44H74O3. The van der Waals surface area contributed by atoms with Crippen molar-refractivity contribution in [2.75, 3.05) is 27.9 Å². The van der Waals surface area contributed by atoms with Crippen molar-refractivity contribution in [3.63, 3.8) is 0 Å². The van der Waals surface area contributed by atoms with Gasteiger partial charge in [0.2, 0.25) is 0 Å². The molecule has 0 aliphatic heterocycles. The van der Waals surface area contributed by atoms with E-state index in [1.54, 1.807) is 21.3 Å². The predicted molar refractivity (Wildman–Crippen MR) is 215 cm³/mol. The average molecular weight is 651 g/mol. The van der Waals surface area contributed by atoms with Gasteiger partial charge in [-0.15, -0.1) is 0 Å². The second kappa shape index (κ2) is 49.6. The summed E-state index contributed by atoms with van der Waals surface area (Å²) in [6.07, 6.45) is 3.88. The second-order valence-electron chi connectivity index (χ2n) is 8.89. The van der Waals surface area contributed by atoms with Crippen molar-refractivity contribution < 1.29 is 14.6 Å². The predicted octanol–water partition coefficient (Wildman–Crippen LogP) is 13.2. The molecule has 0 aromatic heterocycles. The van der Waals surface area contributed by atoms with E-state index in [-0.39, 0.29) is 6.10 Å². The third-order valence-electron chi connectivity index (χ3n) is 4.96. The summed E-state index contributed by atoms with van der Waals surface area (Å²) in [7, 11) is 4.85. The maximum absolute atomic E-state index is 8.92. The number of aliphatic hydroxyl groups excluding tert-OH is 1. The summed E-state index contributed by atoms with van der Waals surface area (Å²) in [6.45, 7) is 22.8. The third kappa shape index (κ3) is 38.9. The van der Waals surface area contributed by atoms with Gasteiger partial charge in [0.05, 0.1) is 12.7 Å². The van der Waals surface area contributed by atoms with Crippen LogP contribution < -0.4 is 0 Å². The number of hydrogen-bond donors (Lipinski definition) is 1. The van der Waals surface area contributed by atoms with E-state index >= 15 is 0 Å². The third-order valence-corrected chi connectivity index (χ3v) is 4.96. The normalized spacial score (nSPS) is 8.83. The van der Waals surface area contributed by atoms with Crippen LogP contribution in [0.25, 0.3) is 11.1 Å². The molecule has 1 unspecified atom stereocenters. The van der Waals surface area contributed by atoms with Gasteiger partial charge in [-0.05, 0) is 35.1 Å². The summed E-state index contributed by atoms with van der Waals surface area (Å²) >= 11 is 0. The number of benzene rings is 4. The molecule has 268 valence electrons. The van der Waals surface area contributed by atoms with E-state index in [2.05, 4.69) is 128 Å². The minimum Gasteiger partial charge on any atom is -0.391 e. The van der Waals surface area contributed by atoms with E-state index in [1.165, 1.54) is 28.7 Å². The largest absolute Gasteiger partial charge is 0.391 e. The van der Waals surface area contributed by atoms with Gasteiger partial charge in [0, 0.05) is 21.3 Å². The van der Waals surface area contributed by atoms with Crippen LogP contribution in [-0.4, -0.2) is 39.1 Å². The van der Waals surface area contributed by atoms with Crippen LogP contribution in [0.4, 0.5) is 0 Å². The maximum atomic E-state index is 8.92. The van der Waals surface area contributed by atoms with Crippen molar-refractivity contribution in [2.45, 2.75) is 108 Å². The first kappa shape index (κ1) is 53.3. The average Bonchev–Trinajstić information content (AvgIpc) is 3.15. The highest BCUT2D eigenvalue weighted by atomic mass is 16.5. The van der Waals surface area contributed by atoms with Gasteiger partial charge in [-0.25, -0.2) is 0 Å². The molecule has 0 radical (unpaired) electrons. The molecule has 0 fully saturated rings. The Kier molecular flexibility index (Phi) is 56.2. The SMILES string of the molecule is CC.CC.CC.CC.CCC.CCCC(O)COC.COC.c1ccc(-c2ccccc2)cc1.c1ccc(Cc2ccccc2)cc1. The highest BCUT2D eigenvalue weighted by molar-refractivity contribution is 5.62. The first-order valence-electron chi connectivity index (χ1n) is 17.8. The van der Waals surface area contributed by atoms with Gasteiger partial charge in [-0.3, -0.25) is 0 Å². The van der Waals surface area contributed by atoms with E-state index in [0.29, 0.717) is 6.61 Å². The molecule has 1 atom stereocenters. The Morgan fingerprint density at radius 2 is 0.745 bits per heavy atom. The lowest BCUT2D eigenvalue weighted by Gasteiger charge is -2.05. The smallest absolute Gasteiger partial charge is 0.0773 e. The first-order valence-corrected chi connectivity index (χ1v) is 17.8. The van der Waals surface area contributed by atoms with Gasteiger partial charge in [0.25, 0.3) is 0 Å². The van der Waals surface area contributed by atoms with Gasteiger partial charge in [0.1, 0.15) is 0 Å². The quantitative estimate of drug-likeness (QED) is 0.216. The molecule has 0 saturated carbocycles. The first-order chi connectivity index (χ1) is 23.1. The molecule has 3 heteroatoms. The van der Waals surface area contributed by atoms with Crippen molar-refractivity contribution in [1.82, 2.24) is 0 Å². The van der Waals surface area contributed by atoms with Crippen LogP contribution in [-0.2, 0) is 15.9 Å². The summed E-state index contributed by atoms with van der Waals surface area (Å²) in [5.41, 5.74) is 5.29. The highest BCUT2D eigenvalue weighted by Gasteiger charge is 1.98. The Hall–Kier alpha value is -3.24. The summed E-state index contributed by atoms with van der Waals surface area (Å²) in [5, 5.41) is 8.92. The molecule has 3 nitrogen and oxygen atoms in total. The summed E-state index contributed by atoms with van der Waals surface area (Å²) in [5.74, 6) is 0. The van der Waals surface area contributed by atoms with Crippen LogP contribution in [0.15, 0.2) is 121 Å². The molecule has 0 spiro atoms. The number of ether oxygens (including phenoxy) is 2. The summed E-state index contributed by atoms with van der Waals surface area (Å²) < 4.78 is 8.96. The Labute approximate surface area is 293 Å². The number of aliphatic hydroxyl groups is 1.